The van der Waals surface area contributed by atoms with E-state index in [4.69, 9.17) is 0 Å². The highest BCUT2D eigenvalue weighted by Crippen LogP contribution is 2.24. The van der Waals surface area contributed by atoms with Crippen molar-refractivity contribution in [2.24, 2.45) is 0 Å². The van der Waals surface area contributed by atoms with Gasteiger partial charge in [0.1, 0.15) is 4.34 Å². The first-order valence-corrected chi connectivity index (χ1v) is 6.49. The minimum absolute atomic E-state index is 0.717. The summed E-state index contributed by atoms with van der Waals surface area (Å²) in [7, 11) is 0. The number of hydrogen-bond acceptors (Lipinski definition) is 4. The second-order valence-electron chi connectivity index (χ2n) is 3.36. The number of thioether (sulfide) groups is 1. The molecule has 13 heavy (non-hydrogen) atoms. The zero-order valence-electron chi connectivity index (χ0n) is 7.75. The normalized spacial score (nSPS) is 22.4. The molecule has 72 valence electrons. The second kappa shape index (κ2) is 4.44. The van der Waals surface area contributed by atoms with E-state index in [1.165, 1.54) is 29.5 Å². The van der Waals surface area contributed by atoms with E-state index in [1.54, 1.807) is 11.3 Å². The molecule has 2 rings (SSSR count). The number of aromatic nitrogens is 1. The van der Waals surface area contributed by atoms with Crippen LogP contribution in [0.25, 0.3) is 0 Å². The maximum absolute atomic E-state index is 4.43. The first kappa shape index (κ1) is 9.49. The molecular formula is C9H14N2S2. The van der Waals surface area contributed by atoms with Gasteiger partial charge >= 0.3 is 0 Å². The van der Waals surface area contributed by atoms with Crippen molar-refractivity contribution in [3.8, 4) is 0 Å². The van der Waals surface area contributed by atoms with Crippen LogP contribution in [0, 0.1) is 6.92 Å². The van der Waals surface area contributed by atoms with Crippen LogP contribution >= 0.6 is 23.1 Å². The Bertz CT molecular complexity index is 266. The predicted molar refractivity (Wildman–Crippen MR) is 58.6 cm³/mol. The summed E-state index contributed by atoms with van der Waals surface area (Å²) in [6.07, 6.45) is 2.67. The minimum atomic E-state index is 0.717. The van der Waals surface area contributed by atoms with Crippen LogP contribution in [0.3, 0.4) is 0 Å². The molecule has 0 spiro atoms. The number of hydrogen-bond donors (Lipinski definition) is 1. The highest BCUT2D eigenvalue weighted by Gasteiger charge is 2.14. The largest absolute Gasteiger partial charge is 0.313 e. The molecule has 0 bridgehead atoms. The van der Waals surface area contributed by atoms with Crippen LogP contribution in [0.5, 0.6) is 0 Å². The van der Waals surface area contributed by atoms with Crippen molar-refractivity contribution in [3.05, 3.63) is 11.1 Å². The minimum Gasteiger partial charge on any atom is -0.313 e. The molecule has 1 fully saturated rings. The Morgan fingerprint density at radius 1 is 1.77 bits per heavy atom. The van der Waals surface area contributed by atoms with Gasteiger partial charge in [0.2, 0.25) is 0 Å². The highest BCUT2D eigenvalue weighted by atomic mass is 32.2. The molecule has 1 aromatic heterocycles. The summed E-state index contributed by atoms with van der Waals surface area (Å²) in [6, 6.07) is 0.717. The third kappa shape index (κ3) is 2.69. The van der Waals surface area contributed by atoms with Crippen molar-refractivity contribution in [2.75, 3.05) is 12.3 Å². The smallest absolute Gasteiger partial charge is 0.150 e. The zero-order chi connectivity index (χ0) is 9.10. The number of nitrogens with zero attached hydrogens (tertiary/aromatic N) is 1. The Morgan fingerprint density at radius 2 is 2.69 bits per heavy atom. The van der Waals surface area contributed by atoms with Gasteiger partial charge in [0.15, 0.2) is 0 Å². The molecule has 1 aliphatic heterocycles. The van der Waals surface area contributed by atoms with Crippen molar-refractivity contribution >= 4 is 23.1 Å². The van der Waals surface area contributed by atoms with Crippen LogP contribution in [0.4, 0.5) is 0 Å². The fourth-order valence-electron chi connectivity index (χ4n) is 1.47. The van der Waals surface area contributed by atoms with Crippen molar-refractivity contribution < 1.29 is 0 Å². The van der Waals surface area contributed by atoms with E-state index in [0.29, 0.717) is 6.04 Å². The summed E-state index contributed by atoms with van der Waals surface area (Å²) in [5.74, 6) is 1.17. The van der Waals surface area contributed by atoms with Crippen LogP contribution in [0.1, 0.15) is 18.5 Å². The van der Waals surface area contributed by atoms with Crippen molar-refractivity contribution in [1.29, 1.82) is 0 Å². The molecule has 0 amide bonds. The maximum atomic E-state index is 4.43. The standard InChI is InChI=1S/C9H14N2S2/c1-7-5-12-9(11-7)13-6-8-3-2-4-10-8/h5,8,10H,2-4,6H2,1H3/t8-/m1/s1. The third-order valence-electron chi connectivity index (χ3n) is 2.17. The van der Waals surface area contributed by atoms with Gasteiger partial charge in [-0.25, -0.2) is 4.98 Å². The summed E-state index contributed by atoms with van der Waals surface area (Å²) in [4.78, 5) is 4.43. The molecule has 1 saturated heterocycles. The first-order chi connectivity index (χ1) is 6.34. The lowest BCUT2D eigenvalue weighted by Gasteiger charge is -2.06. The van der Waals surface area contributed by atoms with Gasteiger partial charge in [0.05, 0.1) is 0 Å². The van der Waals surface area contributed by atoms with Gasteiger partial charge in [0.25, 0.3) is 0 Å². The lowest BCUT2D eigenvalue weighted by atomic mass is 10.3. The van der Waals surface area contributed by atoms with Crippen LogP contribution in [-0.2, 0) is 0 Å². The molecule has 1 aliphatic rings. The fourth-order valence-corrected chi connectivity index (χ4v) is 3.45. The molecular weight excluding hydrogens is 200 g/mol. The number of aryl methyl sites for hydroxylation is 1. The van der Waals surface area contributed by atoms with Gasteiger partial charge in [-0.05, 0) is 26.3 Å². The second-order valence-corrected chi connectivity index (χ2v) is 5.48. The maximum Gasteiger partial charge on any atom is 0.150 e. The third-order valence-corrected chi connectivity index (χ3v) is 4.47. The number of rotatable bonds is 3. The summed E-state index contributed by atoms with van der Waals surface area (Å²) in [5, 5.41) is 5.61. The van der Waals surface area contributed by atoms with E-state index in [9.17, 15) is 0 Å². The van der Waals surface area contributed by atoms with E-state index in [1.807, 2.05) is 18.7 Å². The Labute approximate surface area is 87.1 Å². The molecule has 0 aliphatic carbocycles. The van der Waals surface area contributed by atoms with Crippen molar-refractivity contribution in [3.63, 3.8) is 0 Å². The lowest BCUT2D eigenvalue weighted by molar-refractivity contribution is 0.674. The van der Waals surface area contributed by atoms with Gasteiger partial charge in [-0.15, -0.1) is 11.3 Å². The van der Waals surface area contributed by atoms with Gasteiger partial charge in [-0.2, -0.15) is 0 Å². The molecule has 0 saturated carbocycles. The van der Waals surface area contributed by atoms with Crippen molar-refractivity contribution in [1.82, 2.24) is 10.3 Å². The molecule has 2 heterocycles. The molecule has 0 radical (unpaired) electrons. The fraction of sp³-hybridized carbons (Fsp3) is 0.667. The predicted octanol–water partition coefficient (Wildman–Crippen LogP) is 2.30. The van der Waals surface area contributed by atoms with Crippen molar-refractivity contribution in [2.45, 2.75) is 30.1 Å². The van der Waals surface area contributed by atoms with E-state index >= 15 is 0 Å². The molecule has 1 N–H and O–H groups in total. The van der Waals surface area contributed by atoms with E-state index in [0.717, 1.165) is 5.69 Å². The zero-order valence-corrected chi connectivity index (χ0v) is 9.38. The molecule has 1 aromatic rings. The average Bonchev–Trinajstić information content (AvgIpc) is 2.71. The highest BCUT2D eigenvalue weighted by molar-refractivity contribution is 8.01. The average molecular weight is 214 g/mol. The van der Waals surface area contributed by atoms with Gasteiger partial charge in [-0.1, -0.05) is 11.8 Å². The Hall–Kier alpha value is -0.0600. The summed E-state index contributed by atoms with van der Waals surface area (Å²) < 4.78 is 1.21. The summed E-state index contributed by atoms with van der Waals surface area (Å²) >= 11 is 3.64. The molecule has 4 heteroatoms. The Kier molecular flexibility index (Phi) is 3.24. The summed E-state index contributed by atoms with van der Waals surface area (Å²) in [5.41, 5.74) is 1.15. The van der Waals surface area contributed by atoms with Gasteiger partial charge in [0, 0.05) is 22.9 Å². The van der Waals surface area contributed by atoms with E-state index in [-0.39, 0.29) is 0 Å². The van der Waals surface area contributed by atoms with E-state index in [2.05, 4.69) is 15.7 Å². The Balaban J connectivity index is 1.78. The monoisotopic (exact) mass is 214 g/mol. The Morgan fingerprint density at radius 3 is 3.31 bits per heavy atom. The van der Waals surface area contributed by atoms with Crippen LogP contribution in [0.2, 0.25) is 0 Å². The topological polar surface area (TPSA) is 24.9 Å². The van der Waals surface area contributed by atoms with Gasteiger partial charge in [-0.3, -0.25) is 0 Å². The van der Waals surface area contributed by atoms with Gasteiger partial charge < -0.3 is 5.32 Å². The van der Waals surface area contributed by atoms with Crippen LogP contribution in [-0.4, -0.2) is 23.3 Å². The number of nitrogens with one attached hydrogen (secondary N) is 1. The SMILES string of the molecule is Cc1csc(SC[C@H]2CCCN2)n1. The molecule has 1 atom stereocenters. The molecule has 0 aromatic carbocycles. The van der Waals surface area contributed by atoms with E-state index < -0.39 is 0 Å². The summed E-state index contributed by atoms with van der Waals surface area (Å²) in [6.45, 7) is 3.25. The number of thiazole rings is 1. The molecule has 0 unspecified atom stereocenters. The molecule has 2 nitrogen and oxygen atoms in total. The quantitative estimate of drug-likeness (QED) is 0.782. The van der Waals surface area contributed by atoms with Crippen LogP contribution in [0.15, 0.2) is 9.72 Å². The first-order valence-electron chi connectivity index (χ1n) is 4.63. The lowest BCUT2D eigenvalue weighted by Crippen LogP contribution is -2.23. The van der Waals surface area contributed by atoms with Crippen LogP contribution < -0.4 is 5.32 Å².